The summed E-state index contributed by atoms with van der Waals surface area (Å²) < 4.78 is 2.43. The fraction of sp³-hybridized carbons (Fsp3) is 0. The summed E-state index contributed by atoms with van der Waals surface area (Å²) in [6.45, 7) is 0. The van der Waals surface area contributed by atoms with Crippen molar-refractivity contribution in [2.24, 2.45) is 0 Å². The summed E-state index contributed by atoms with van der Waals surface area (Å²) in [5.74, 6) is 0. The molecule has 0 aliphatic rings. The topological polar surface area (TPSA) is 20.7 Å². The predicted octanol–water partition coefficient (Wildman–Crippen LogP) is 9.24. The van der Waals surface area contributed by atoms with E-state index in [0.717, 1.165) is 0 Å². The summed E-state index contributed by atoms with van der Waals surface area (Å²) in [5, 5.41) is 7.57. The van der Waals surface area contributed by atoms with E-state index in [0.29, 0.717) is 0 Å². The van der Waals surface area contributed by atoms with Crippen LogP contribution in [0.4, 0.5) is 0 Å². The molecule has 8 rings (SSSR count). The molecule has 0 unspecified atom stereocenters. The molecule has 8 aromatic rings. The van der Waals surface area contributed by atoms with Gasteiger partial charge in [-0.1, -0.05) is 97.1 Å². The predicted molar refractivity (Wildman–Crippen MR) is 153 cm³/mol. The number of nitrogens with one attached hydrogen (secondary N) is 1. The van der Waals surface area contributed by atoms with Crippen LogP contribution in [0.25, 0.3) is 71.2 Å². The number of rotatable bonds is 2. The smallest absolute Gasteiger partial charge is 0.0619 e. The lowest BCUT2D eigenvalue weighted by molar-refractivity contribution is 1.18. The van der Waals surface area contributed by atoms with Crippen molar-refractivity contribution in [1.82, 2.24) is 9.55 Å². The molecule has 0 atom stereocenters. The highest BCUT2D eigenvalue weighted by molar-refractivity contribution is 6.25. The first kappa shape index (κ1) is 19.5. The molecule has 0 amide bonds. The van der Waals surface area contributed by atoms with Crippen LogP contribution in [0.3, 0.4) is 0 Å². The third kappa shape index (κ3) is 2.61. The van der Waals surface area contributed by atoms with Gasteiger partial charge in [0.15, 0.2) is 0 Å². The molecule has 1 N–H and O–H groups in total. The van der Waals surface area contributed by atoms with Crippen molar-refractivity contribution in [1.29, 1.82) is 0 Å². The van der Waals surface area contributed by atoms with Gasteiger partial charge in [0.2, 0.25) is 0 Å². The number of H-pyrrole nitrogens is 1. The van der Waals surface area contributed by atoms with Crippen LogP contribution in [0.5, 0.6) is 0 Å². The van der Waals surface area contributed by atoms with Gasteiger partial charge in [-0.25, -0.2) is 0 Å². The second kappa shape index (κ2) is 7.34. The summed E-state index contributed by atoms with van der Waals surface area (Å²) in [5.41, 5.74) is 8.50. The molecule has 2 heterocycles. The Morgan fingerprint density at radius 1 is 0.500 bits per heavy atom. The van der Waals surface area contributed by atoms with Gasteiger partial charge in [-0.05, 0) is 41.3 Å². The van der Waals surface area contributed by atoms with Crippen LogP contribution in [0, 0.1) is 0 Å². The van der Waals surface area contributed by atoms with Crippen molar-refractivity contribution in [3.8, 4) is 16.8 Å². The minimum absolute atomic E-state index is 1.17. The molecule has 6 aromatic carbocycles. The van der Waals surface area contributed by atoms with Crippen LogP contribution in [0.1, 0.15) is 0 Å². The van der Waals surface area contributed by atoms with E-state index < -0.39 is 0 Å². The zero-order chi connectivity index (χ0) is 23.6. The van der Waals surface area contributed by atoms with Gasteiger partial charge in [0.05, 0.1) is 16.6 Å². The van der Waals surface area contributed by atoms with E-state index in [1.807, 2.05) is 0 Å². The van der Waals surface area contributed by atoms with Gasteiger partial charge in [-0.2, -0.15) is 0 Å². The highest BCUT2D eigenvalue weighted by Crippen LogP contribution is 2.44. The highest BCUT2D eigenvalue weighted by Gasteiger charge is 2.20. The van der Waals surface area contributed by atoms with Crippen molar-refractivity contribution in [2.75, 3.05) is 0 Å². The van der Waals surface area contributed by atoms with Gasteiger partial charge < -0.3 is 9.55 Å². The van der Waals surface area contributed by atoms with Crippen LogP contribution < -0.4 is 0 Å². The summed E-state index contributed by atoms with van der Waals surface area (Å²) in [6, 6.07) is 45.9. The largest absolute Gasteiger partial charge is 0.354 e. The first-order valence-corrected chi connectivity index (χ1v) is 12.4. The molecule has 2 heteroatoms. The minimum atomic E-state index is 1.17. The third-order valence-corrected chi connectivity index (χ3v) is 7.50. The van der Waals surface area contributed by atoms with Gasteiger partial charge in [0, 0.05) is 43.7 Å². The van der Waals surface area contributed by atoms with Crippen LogP contribution in [-0.4, -0.2) is 9.55 Å². The maximum absolute atomic E-state index is 3.75. The lowest BCUT2D eigenvalue weighted by Gasteiger charge is -2.14. The van der Waals surface area contributed by atoms with Gasteiger partial charge in [-0.15, -0.1) is 0 Å². The molecular weight excluding hydrogens is 436 g/mol. The molecule has 0 radical (unpaired) electrons. The Hall–Kier alpha value is -4.82. The Balaban J connectivity index is 1.62. The number of hydrogen-bond acceptors (Lipinski definition) is 0. The second-order valence-electron chi connectivity index (χ2n) is 9.46. The summed E-state index contributed by atoms with van der Waals surface area (Å²) in [7, 11) is 0. The van der Waals surface area contributed by atoms with Crippen LogP contribution in [-0.2, 0) is 0 Å². The number of benzene rings is 6. The van der Waals surface area contributed by atoms with Crippen molar-refractivity contribution < 1.29 is 0 Å². The lowest BCUT2D eigenvalue weighted by Crippen LogP contribution is -1.95. The molecule has 36 heavy (non-hydrogen) atoms. The first-order chi connectivity index (χ1) is 17.9. The average Bonchev–Trinajstić information content (AvgIpc) is 3.50. The molecule has 0 saturated carbocycles. The van der Waals surface area contributed by atoms with E-state index >= 15 is 0 Å². The highest BCUT2D eigenvalue weighted by atomic mass is 15.0. The van der Waals surface area contributed by atoms with Crippen LogP contribution >= 0.6 is 0 Å². The number of fused-ring (bicyclic) bond motifs is 8. The van der Waals surface area contributed by atoms with E-state index in [9.17, 15) is 0 Å². The van der Waals surface area contributed by atoms with E-state index in [4.69, 9.17) is 0 Å². The van der Waals surface area contributed by atoms with Crippen molar-refractivity contribution in [3.63, 3.8) is 0 Å². The molecule has 0 fully saturated rings. The van der Waals surface area contributed by atoms with Gasteiger partial charge in [-0.3, -0.25) is 0 Å². The summed E-state index contributed by atoms with van der Waals surface area (Å²) in [6.07, 6.45) is 0. The Morgan fingerprint density at radius 3 is 2.08 bits per heavy atom. The molecule has 2 aromatic heterocycles. The molecule has 0 aliphatic carbocycles. The van der Waals surface area contributed by atoms with E-state index in [1.165, 1.54) is 71.2 Å². The van der Waals surface area contributed by atoms with E-state index in [1.54, 1.807) is 0 Å². The van der Waals surface area contributed by atoms with Crippen LogP contribution in [0.2, 0.25) is 0 Å². The number of para-hydroxylation sites is 4. The number of nitrogens with zero attached hydrogens (tertiary/aromatic N) is 1. The standard InChI is InChI=1S/C34H22N2/c1-2-12-23(13-3-1)36-31-20-9-7-15-25(31)26-17-10-18-27(34(26)36)29-21-22-11-4-5-14-24(22)33-32(29)28-16-6-8-19-30(28)35-33/h1-21,35H. The quantitative estimate of drug-likeness (QED) is 0.266. The lowest BCUT2D eigenvalue weighted by atomic mass is 9.94. The van der Waals surface area contributed by atoms with Crippen molar-refractivity contribution in [3.05, 3.63) is 127 Å². The molecule has 0 saturated heterocycles. The molecule has 0 aliphatic heterocycles. The van der Waals surface area contributed by atoms with Gasteiger partial charge in [0.25, 0.3) is 0 Å². The fourth-order valence-corrected chi connectivity index (χ4v) is 6.00. The van der Waals surface area contributed by atoms with Crippen molar-refractivity contribution in [2.45, 2.75) is 0 Å². The maximum Gasteiger partial charge on any atom is 0.0619 e. The SMILES string of the molecule is c1ccc(-n2c3ccccc3c3cccc(-c4cc5ccccc5c5[nH]c6ccccc6c45)c32)cc1. The zero-order valence-corrected chi connectivity index (χ0v) is 19.6. The van der Waals surface area contributed by atoms with Crippen molar-refractivity contribution >= 4 is 54.4 Å². The minimum Gasteiger partial charge on any atom is -0.354 e. The Morgan fingerprint density at radius 2 is 1.19 bits per heavy atom. The Labute approximate surface area is 208 Å². The molecule has 168 valence electrons. The van der Waals surface area contributed by atoms with E-state index in [-0.39, 0.29) is 0 Å². The Bertz CT molecular complexity index is 2090. The van der Waals surface area contributed by atoms with E-state index in [2.05, 4.69) is 137 Å². The monoisotopic (exact) mass is 458 g/mol. The molecular formula is C34H22N2. The van der Waals surface area contributed by atoms with Crippen LogP contribution in [0.15, 0.2) is 127 Å². The molecule has 2 nitrogen and oxygen atoms in total. The summed E-state index contributed by atoms with van der Waals surface area (Å²) >= 11 is 0. The number of aromatic nitrogens is 2. The Kier molecular flexibility index (Phi) is 3.97. The zero-order valence-electron chi connectivity index (χ0n) is 19.6. The summed E-state index contributed by atoms with van der Waals surface area (Å²) in [4.78, 5) is 3.75. The molecule has 0 spiro atoms. The number of hydrogen-bond donors (Lipinski definition) is 1. The first-order valence-electron chi connectivity index (χ1n) is 12.4. The third-order valence-electron chi connectivity index (χ3n) is 7.50. The average molecular weight is 459 g/mol. The van der Waals surface area contributed by atoms with Gasteiger partial charge >= 0.3 is 0 Å². The maximum atomic E-state index is 3.75. The fourth-order valence-electron chi connectivity index (χ4n) is 6.00. The second-order valence-corrected chi connectivity index (χ2v) is 9.46. The molecule has 0 bridgehead atoms. The number of aromatic amines is 1. The normalized spacial score (nSPS) is 11.9. The van der Waals surface area contributed by atoms with Gasteiger partial charge in [0.1, 0.15) is 0 Å².